The van der Waals surface area contributed by atoms with E-state index >= 15 is 0 Å². The van der Waals surface area contributed by atoms with E-state index in [0.29, 0.717) is 12.5 Å². The zero-order valence-electron chi connectivity index (χ0n) is 10.8. The molecule has 0 radical (unpaired) electrons. The maximum absolute atomic E-state index is 10.5. The summed E-state index contributed by atoms with van der Waals surface area (Å²) in [5.41, 5.74) is 2.34. The number of benzene rings is 1. The van der Waals surface area contributed by atoms with Crippen LogP contribution in [0.4, 0.5) is 0 Å². The van der Waals surface area contributed by atoms with Crippen LogP contribution >= 0.6 is 0 Å². The summed E-state index contributed by atoms with van der Waals surface area (Å²) < 4.78 is 0. The molecule has 17 heavy (non-hydrogen) atoms. The Balaban J connectivity index is 2.62. The molecular formula is C14H21NO2. The molecule has 1 rings (SSSR count). The molecule has 0 fully saturated rings. The molecule has 0 atom stereocenters. The maximum atomic E-state index is 10.5. The van der Waals surface area contributed by atoms with Gasteiger partial charge >= 0.3 is 5.97 Å². The maximum Gasteiger partial charge on any atom is 0.303 e. The Morgan fingerprint density at radius 3 is 2.59 bits per heavy atom. The van der Waals surface area contributed by atoms with Crippen molar-refractivity contribution in [3.05, 3.63) is 35.4 Å². The molecule has 0 aliphatic rings. The van der Waals surface area contributed by atoms with Crippen LogP contribution in [0.15, 0.2) is 24.3 Å². The highest BCUT2D eigenvalue weighted by Crippen LogP contribution is 2.10. The smallest absolute Gasteiger partial charge is 0.303 e. The first-order chi connectivity index (χ1) is 7.99. The van der Waals surface area contributed by atoms with Crippen LogP contribution in [0.1, 0.15) is 31.4 Å². The number of hydrogen-bond donors (Lipinski definition) is 1. The number of aliphatic carboxylic acids is 1. The van der Waals surface area contributed by atoms with E-state index in [2.05, 4.69) is 37.9 Å². The number of nitrogens with zero attached hydrogens (tertiary/aromatic N) is 1. The van der Waals surface area contributed by atoms with Gasteiger partial charge in [0.2, 0.25) is 0 Å². The lowest BCUT2D eigenvalue weighted by Crippen LogP contribution is -2.25. The van der Waals surface area contributed by atoms with E-state index in [-0.39, 0.29) is 6.42 Å². The van der Waals surface area contributed by atoms with Crippen LogP contribution in [0, 0.1) is 0 Å². The minimum absolute atomic E-state index is 0.198. The molecule has 0 bridgehead atoms. The zero-order valence-corrected chi connectivity index (χ0v) is 10.8. The molecule has 0 heterocycles. The fraction of sp³-hybridized carbons (Fsp3) is 0.500. The molecule has 1 N–H and O–H groups in total. The normalized spacial score (nSPS) is 11.1. The van der Waals surface area contributed by atoms with Gasteiger partial charge in [0.05, 0.1) is 0 Å². The zero-order chi connectivity index (χ0) is 12.8. The predicted molar refractivity (Wildman–Crippen MR) is 69.0 cm³/mol. The quantitative estimate of drug-likeness (QED) is 0.823. The Labute approximate surface area is 103 Å². The van der Waals surface area contributed by atoms with Crippen LogP contribution in [-0.4, -0.2) is 29.1 Å². The van der Waals surface area contributed by atoms with Crippen molar-refractivity contribution >= 4 is 5.97 Å². The minimum Gasteiger partial charge on any atom is -0.481 e. The summed E-state index contributed by atoms with van der Waals surface area (Å²) in [5.74, 6) is -0.741. The molecule has 94 valence electrons. The van der Waals surface area contributed by atoms with Crippen molar-refractivity contribution in [2.75, 3.05) is 7.05 Å². The van der Waals surface area contributed by atoms with Gasteiger partial charge in [0.15, 0.2) is 0 Å². The lowest BCUT2D eigenvalue weighted by atomic mass is 10.1. The summed E-state index contributed by atoms with van der Waals surface area (Å²) >= 11 is 0. The van der Waals surface area contributed by atoms with E-state index in [4.69, 9.17) is 5.11 Å². The van der Waals surface area contributed by atoms with Gasteiger partial charge in [-0.15, -0.1) is 0 Å². The highest BCUT2D eigenvalue weighted by molar-refractivity contribution is 5.67. The van der Waals surface area contributed by atoms with Crippen LogP contribution < -0.4 is 0 Å². The van der Waals surface area contributed by atoms with Crippen LogP contribution in [0.3, 0.4) is 0 Å². The fourth-order valence-electron chi connectivity index (χ4n) is 1.61. The molecule has 0 spiro atoms. The van der Waals surface area contributed by atoms with Crippen LogP contribution in [0.25, 0.3) is 0 Å². The van der Waals surface area contributed by atoms with Gasteiger partial charge in [0, 0.05) is 19.0 Å². The third-order valence-corrected chi connectivity index (χ3v) is 2.93. The van der Waals surface area contributed by atoms with E-state index in [9.17, 15) is 4.79 Å². The highest BCUT2D eigenvalue weighted by atomic mass is 16.4. The molecule has 0 aliphatic carbocycles. The Morgan fingerprint density at radius 2 is 2.00 bits per heavy atom. The Bertz CT molecular complexity index is 374. The van der Waals surface area contributed by atoms with Gasteiger partial charge in [-0.25, -0.2) is 0 Å². The summed E-state index contributed by atoms with van der Waals surface area (Å²) in [7, 11) is 2.09. The molecule has 0 aliphatic heterocycles. The molecule has 0 aromatic heterocycles. The van der Waals surface area contributed by atoms with E-state index in [1.165, 1.54) is 5.56 Å². The average molecular weight is 235 g/mol. The molecule has 3 nitrogen and oxygen atoms in total. The van der Waals surface area contributed by atoms with Crippen molar-refractivity contribution in [2.45, 2.75) is 39.3 Å². The lowest BCUT2D eigenvalue weighted by Gasteiger charge is -2.21. The summed E-state index contributed by atoms with van der Waals surface area (Å²) in [6, 6.07) is 8.69. The Kier molecular flexibility index (Phi) is 5.16. The Morgan fingerprint density at radius 1 is 1.35 bits per heavy atom. The third-order valence-electron chi connectivity index (χ3n) is 2.93. The van der Waals surface area contributed by atoms with E-state index < -0.39 is 5.97 Å². The van der Waals surface area contributed by atoms with Crippen molar-refractivity contribution in [3.63, 3.8) is 0 Å². The predicted octanol–water partition coefficient (Wildman–Crippen LogP) is 2.54. The van der Waals surface area contributed by atoms with Gasteiger partial charge in [-0.05, 0) is 38.4 Å². The molecular weight excluding hydrogens is 214 g/mol. The number of hydrogen-bond acceptors (Lipinski definition) is 2. The largest absolute Gasteiger partial charge is 0.481 e. The van der Waals surface area contributed by atoms with Crippen molar-refractivity contribution in [2.24, 2.45) is 0 Å². The first kappa shape index (κ1) is 13.7. The van der Waals surface area contributed by atoms with Gasteiger partial charge in [-0.2, -0.15) is 0 Å². The molecule has 3 heteroatoms. The molecule has 1 aromatic carbocycles. The van der Waals surface area contributed by atoms with Gasteiger partial charge in [0.1, 0.15) is 0 Å². The highest BCUT2D eigenvalue weighted by Gasteiger charge is 2.05. The minimum atomic E-state index is -0.741. The van der Waals surface area contributed by atoms with Crippen molar-refractivity contribution in [1.82, 2.24) is 4.90 Å². The number of carboxylic acids is 1. The van der Waals surface area contributed by atoms with Gasteiger partial charge in [0.25, 0.3) is 0 Å². The summed E-state index contributed by atoms with van der Waals surface area (Å²) in [4.78, 5) is 12.8. The van der Waals surface area contributed by atoms with Crippen molar-refractivity contribution in [1.29, 1.82) is 0 Å². The SMILES string of the molecule is CC(C)N(C)Cc1cccc(CCC(=O)O)c1. The first-order valence-electron chi connectivity index (χ1n) is 5.99. The number of carbonyl (C=O) groups is 1. The number of aryl methyl sites for hydroxylation is 1. The van der Waals surface area contributed by atoms with Gasteiger partial charge in [-0.3, -0.25) is 9.69 Å². The summed E-state index contributed by atoms with van der Waals surface area (Å²) in [5, 5.41) is 8.65. The fourth-order valence-corrected chi connectivity index (χ4v) is 1.61. The monoisotopic (exact) mass is 235 g/mol. The molecule has 0 saturated carbocycles. The summed E-state index contributed by atoms with van der Waals surface area (Å²) in [6.07, 6.45) is 0.804. The average Bonchev–Trinajstić information content (AvgIpc) is 2.26. The van der Waals surface area contributed by atoms with Crippen LogP contribution in [0.2, 0.25) is 0 Å². The summed E-state index contributed by atoms with van der Waals surface area (Å²) in [6.45, 7) is 5.22. The van der Waals surface area contributed by atoms with Gasteiger partial charge < -0.3 is 5.11 Å². The number of carboxylic acid groups (broad SMARTS) is 1. The lowest BCUT2D eigenvalue weighted by molar-refractivity contribution is -0.136. The molecule has 0 saturated heterocycles. The first-order valence-corrected chi connectivity index (χ1v) is 5.99. The Hall–Kier alpha value is -1.35. The van der Waals surface area contributed by atoms with E-state index in [0.717, 1.165) is 12.1 Å². The van der Waals surface area contributed by atoms with E-state index in [1.54, 1.807) is 0 Å². The van der Waals surface area contributed by atoms with Gasteiger partial charge in [-0.1, -0.05) is 24.3 Å². The standard InChI is InChI=1S/C14H21NO2/c1-11(2)15(3)10-13-6-4-5-12(9-13)7-8-14(16)17/h4-6,9,11H,7-8,10H2,1-3H3,(H,16,17). The second-order valence-corrected chi connectivity index (χ2v) is 4.72. The second kappa shape index (κ2) is 6.40. The van der Waals surface area contributed by atoms with Crippen molar-refractivity contribution < 1.29 is 9.90 Å². The van der Waals surface area contributed by atoms with Crippen LogP contribution in [0.5, 0.6) is 0 Å². The third kappa shape index (κ3) is 5.00. The van der Waals surface area contributed by atoms with E-state index in [1.807, 2.05) is 12.1 Å². The number of rotatable bonds is 6. The van der Waals surface area contributed by atoms with Crippen LogP contribution in [-0.2, 0) is 17.8 Å². The second-order valence-electron chi connectivity index (χ2n) is 4.72. The molecule has 0 amide bonds. The molecule has 1 aromatic rings. The van der Waals surface area contributed by atoms with Crippen molar-refractivity contribution in [3.8, 4) is 0 Å². The topological polar surface area (TPSA) is 40.5 Å². The molecule has 0 unspecified atom stereocenters.